The molecule has 2 N–H and O–H groups in total. The molecule has 0 saturated carbocycles. The molecular weight excluding hydrogens is 292 g/mol. The summed E-state index contributed by atoms with van der Waals surface area (Å²) in [4.78, 5) is 0. The summed E-state index contributed by atoms with van der Waals surface area (Å²) >= 11 is 3.60. The highest BCUT2D eigenvalue weighted by Crippen LogP contribution is 2.27. The highest BCUT2D eigenvalue weighted by molar-refractivity contribution is 9.10. The average Bonchev–Trinajstić information content (AvgIpc) is 2.59. The molecule has 1 aromatic heterocycles. The Morgan fingerprint density at radius 1 is 1.28 bits per heavy atom. The maximum absolute atomic E-state index is 5.88. The van der Waals surface area contributed by atoms with Crippen LogP contribution in [-0.2, 0) is 0 Å². The predicted octanol–water partition coefficient (Wildman–Crippen LogP) is 2.97. The molecule has 0 saturated heterocycles. The summed E-state index contributed by atoms with van der Waals surface area (Å²) in [5.74, 6) is 0. The average molecular weight is 309 g/mol. The summed E-state index contributed by atoms with van der Waals surface area (Å²) < 4.78 is 2.86. The highest BCUT2D eigenvalue weighted by Gasteiger charge is 2.16. The lowest BCUT2D eigenvalue weighted by Gasteiger charge is -2.11. The molecule has 4 nitrogen and oxygen atoms in total. The van der Waals surface area contributed by atoms with E-state index < -0.39 is 0 Å². The summed E-state index contributed by atoms with van der Waals surface area (Å²) in [5, 5.41) is 8.38. The third-order valence-corrected chi connectivity index (χ3v) is 3.58. The Bertz CT molecular complexity index is 564. The van der Waals surface area contributed by atoms with E-state index in [2.05, 4.69) is 52.2 Å². The topological polar surface area (TPSA) is 56.7 Å². The Morgan fingerprint density at radius 3 is 2.44 bits per heavy atom. The molecule has 0 radical (unpaired) electrons. The quantitative estimate of drug-likeness (QED) is 0.928. The number of hydrogen-bond donors (Lipinski definition) is 1. The van der Waals surface area contributed by atoms with Crippen LogP contribution in [0.5, 0.6) is 0 Å². The van der Waals surface area contributed by atoms with Gasteiger partial charge in [-0.2, -0.15) is 0 Å². The first-order chi connectivity index (χ1) is 8.41. The number of hydrogen-bond acceptors (Lipinski definition) is 3. The van der Waals surface area contributed by atoms with Crippen molar-refractivity contribution in [2.24, 2.45) is 5.73 Å². The third-order valence-electron chi connectivity index (χ3n) is 2.97. The smallest absolute Gasteiger partial charge is 0.102 e. The SMILES string of the molecule is Cc1cc(C)c(-n2nnc(C(C)N)c2C)c(Br)c1. The Hall–Kier alpha value is -1.20. The second-order valence-electron chi connectivity index (χ2n) is 4.67. The van der Waals surface area contributed by atoms with E-state index in [0.29, 0.717) is 0 Å². The van der Waals surface area contributed by atoms with Gasteiger partial charge >= 0.3 is 0 Å². The van der Waals surface area contributed by atoms with Crippen molar-refractivity contribution in [2.45, 2.75) is 33.7 Å². The third kappa shape index (κ3) is 2.20. The minimum Gasteiger partial charge on any atom is -0.323 e. The van der Waals surface area contributed by atoms with E-state index in [4.69, 9.17) is 5.73 Å². The minimum atomic E-state index is -0.108. The van der Waals surface area contributed by atoms with Crippen LogP contribution in [0.2, 0.25) is 0 Å². The zero-order valence-corrected chi connectivity index (χ0v) is 12.6. The van der Waals surface area contributed by atoms with Gasteiger partial charge in [0.05, 0.1) is 11.4 Å². The first-order valence-electron chi connectivity index (χ1n) is 5.86. The summed E-state index contributed by atoms with van der Waals surface area (Å²) in [6, 6.07) is 4.10. The zero-order valence-electron chi connectivity index (χ0n) is 11.0. The van der Waals surface area contributed by atoms with Gasteiger partial charge in [-0.15, -0.1) is 5.10 Å². The fourth-order valence-electron chi connectivity index (χ4n) is 2.15. The molecule has 0 aliphatic rings. The first-order valence-corrected chi connectivity index (χ1v) is 6.66. The van der Waals surface area contributed by atoms with Crippen LogP contribution in [0.3, 0.4) is 0 Å². The molecule has 1 unspecified atom stereocenters. The van der Waals surface area contributed by atoms with Crippen LogP contribution >= 0.6 is 15.9 Å². The molecule has 2 aromatic rings. The van der Waals surface area contributed by atoms with Crippen LogP contribution in [0, 0.1) is 20.8 Å². The molecule has 18 heavy (non-hydrogen) atoms. The molecule has 0 bridgehead atoms. The van der Waals surface area contributed by atoms with E-state index >= 15 is 0 Å². The Kier molecular flexibility index (Phi) is 3.54. The van der Waals surface area contributed by atoms with Crippen molar-refractivity contribution in [3.8, 4) is 5.69 Å². The van der Waals surface area contributed by atoms with Gasteiger partial charge in [-0.3, -0.25) is 0 Å². The molecule has 0 aliphatic heterocycles. The van der Waals surface area contributed by atoms with Gasteiger partial charge in [0.15, 0.2) is 0 Å². The molecule has 0 spiro atoms. The lowest BCUT2D eigenvalue weighted by molar-refractivity contribution is 0.754. The van der Waals surface area contributed by atoms with E-state index in [-0.39, 0.29) is 6.04 Å². The molecule has 2 rings (SSSR count). The molecule has 0 amide bonds. The maximum atomic E-state index is 5.88. The largest absolute Gasteiger partial charge is 0.323 e. The Balaban J connectivity index is 2.63. The van der Waals surface area contributed by atoms with Crippen molar-refractivity contribution < 1.29 is 0 Å². The fraction of sp³-hybridized carbons (Fsp3) is 0.385. The molecule has 1 aromatic carbocycles. The van der Waals surface area contributed by atoms with E-state index in [1.807, 2.05) is 18.5 Å². The van der Waals surface area contributed by atoms with Crippen LogP contribution in [-0.4, -0.2) is 15.0 Å². The Morgan fingerprint density at radius 2 is 1.94 bits per heavy atom. The van der Waals surface area contributed by atoms with Crippen molar-refractivity contribution >= 4 is 15.9 Å². The predicted molar refractivity (Wildman–Crippen MR) is 75.9 cm³/mol. The van der Waals surface area contributed by atoms with E-state index in [1.54, 1.807) is 0 Å². The van der Waals surface area contributed by atoms with E-state index in [0.717, 1.165) is 27.1 Å². The zero-order chi connectivity index (χ0) is 13.4. The van der Waals surface area contributed by atoms with Crippen molar-refractivity contribution in [1.82, 2.24) is 15.0 Å². The summed E-state index contributed by atoms with van der Waals surface area (Å²) in [7, 11) is 0. The molecule has 96 valence electrons. The molecule has 1 heterocycles. The summed E-state index contributed by atoms with van der Waals surface area (Å²) in [5.41, 5.74) is 11.1. The van der Waals surface area contributed by atoms with Crippen molar-refractivity contribution in [3.05, 3.63) is 39.1 Å². The van der Waals surface area contributed by atoms with Gasteiger partial charge in [0.25, 0.3) is 0 Å². The van der Waals surface area contributed by atoms with Gasteiger partial charge < -0.3 is 5.73 Å². The lowest BCUT2D eigenvalue weighted by Crippen LogP contribution is -2.08. The first kappa shape index (κ1) is 13.2. The summed E-state index contributed by atoms with van der Waals surface area (Å²) in [6.07, 6.45) is 0. The van der Waals surface area contributed by atoms with Crippen molar-refractivity contribution in [1.29, 1.82) is 0 Å². The molecule has 5 heteroatoms. The molecule has 0 aliphatic carbocycles. The number of rotatable bonds is 2. The van der Waals surface area contributed by atoms with Gasteiger partial charge in [0.1, 0.15) is 5.69 Å². The highest BCUT2D eigenvalue weighted by atomic mass is 79.9. The maximum Gasteiger partial charge on any atom is 0.102 e. The van der Waals surface area contributed by atoms with Crippen molar-refractivity contribution in [2.75, 3.05) is 0 Å². The standard InChI is InChI=1S/C13H17BrN4/c1-7-5-8(2)13(11(14)6-7)18-10(4)12(9(3)15)16-17-18/h5-6,9H,15H2,1-4H3. The van der Waals surface area contributed by atoms with Crippen LogP contribution in [0.15, 0.2) is 16.6 Å². The van der Waals surface area contributed by atoms with Crippen molar-refractivity contribution in [3.63, 3.8) is 0 Å². The normalized spacial score (nSPS) is 12.8. The van der Waals surface area contributed by atoms with Gasteiger partial charge in [0.2, 0.25) is 0 Å². The van der Waals surface area contributed by atoms with Gasteiger partial charge in [0, 0.05) is 10.5 Å². The van der Waals surface area contributed by atoms with E-state index in [1.165, 1.54) is 5.56 Å². The number of aromatic nitrogens is 3. The van der Waals surface area contributed by atoms with Crippen LogP contribution < -0.4 is 5.73 Å². The molecular formula is C13H17BrN4. The second kappa shape index (κ2) is 4.82. The van der Waals surface area contributed by atoms with Crippen LogP contribution in [0.1, 0.15) is 35.5 Å². The number of nitrogens with two attached hydrogens (primary N) is 1. The monoisotopic (exact) mass is 308 g/mol. The number of aryl methyl sites for hydroxylation is 2. The van der Waals surface area contributed by atoms with Gasteiger partial charge in [-0.25, -0.2) is 4.68 Å². The van der Waals surface area contributed by atoms with Crippen LogP contribution in [0.25, 0.3) is 5.69 Å². The second-order valence-corrected chi connectivity index (χ2v) is 5.53. The Labute approximate surface area is 115 Å². The van der Waals surface area contributed by atoms with Crippen LogP contribution in [0.4, 0.5) is 0 Å². The van der Waals surface area contributed by atoms with E-state index in [9.17, 15) is 0 Å². The number of nitrogens with zero attached hydrogens (tertiary/aromatic N) is 3. The lowest BCUT2D eigenvalue weighted by atomic mass is 10.1. The van der Waals surface area contributed by atoms with Gasteiger partial charge in [-0.1, -0.05) is 11.3 Å². The molecule has 1 atom stereocenters. The van der Waals surface area contributed by atoms with Gasteiger partial charge in [-0.05, 0) is 60.8 Å². The summed E-state index contributed by atoms with van der Waals surface area (Å²) in [6.45, 7) is 8.05. The number of halogens is 1. The minimum absolute atomic E-state index is 0.108. The number of benzene rings is 1. The molecule has 0 fully saturated rings. The fourth-order valence-corrected chi connectivity index (χ4v) is 2.99.